The van der Waals surface area contributed by atoms with Crippen LogP contribution in [0.4, 0.5) is 22.2 Å². The molecule has 3 N–H and O–H groups in total. The van der Waals surface area contributed by atoms with Gasteiger partial charge in [-0.1, -0.05) is 12.1 Å². The van der Waals surface area contributed by atoms with Crippen LogP contribution < -0.4 is 25.6 Å². The minimum atomic E-state index is -0.783. The zero-order valence-electron chi connectivity index (χ0n) is 20.3. The molecule has 190 valence electrons. The highest BCUT2D eigenvalue weighted by atomic mass is 32.1. The lowest BCUT2D eigenvalue weighted by Crippen LogP contribution is -2.33. The molecule has 36 heavy (non-hydrogen) atoms. The second kappa shape index (κ2) is 11.7. The summed E-state index contributed by atoms with van der Waals surface area (Å²) in [4.78, 5) is 38.0. The van der Waals surface area contributed by atoms with Gasteiger partial charge in [0.1, 0.15) is 23.2 Å². The largest absolute Gasteiger partial charge is 0.485 e. The van der Waals surface area contributed by atoms with Crippen LogP contribution in [0.1, 0.15) is 41.1 Å². The van der Waals surface area contributed by atoms with Crippen molar-refractivity contribution in [3.63, 3.8) is 0 Å². The predicted octanol–water partition coefficient (Wildman–Crippen LogP) is 4.06. The molecule has 0 aliphatic carbocycles. The summed E-state index contributed by atoms with van der Waals surface area (Å²) in [7, 11) is 1.92. The molecule has 0 unspecified atom stereocenters. The average molecular weight is 511 g/mol. The number of amides is 2. The van der Waals surface area contributed by atoms with Crippen LogP contribution in [0.5, 0.6) is 5.75 Å². The monoisotopic (exact) mass is 510 g/mol. The fourth-order valence-electron chi connectivity index (χ4n) is 3.97. The number of rotatable bonds is 10. The van der Waals surface area contributed by atoms with Crippen molar-refractivity contribution in [1.29, 1.82) is 0 Å². The minimum absolute atomic E-state index is 0.159. The molecule has 1 aliphatic heterocycles. The van der Waals surface area contributed by atoms with E-state index in [-0.39, 0.29) is 18.6 Å². The number of thiophene rings is 1. The second-order valence-corrected chi connectivity index (χ2v) is 9.25. The summed E-state index contributed by atoms with van der Waals surface area (Å²) in [5, 5.41) is 5.09. The summed E-state index contributed by atoms with van der Waals surface area (Å²) >= 11 is 1.60. The lowest BCUT2D eigenvalue weighted by atomic mass is 10.1. The van der Waals surface area contributed by atoms with Gasteiger partial charge in [-0.2, -0.15) is 4.98 Å². The maximum atomic E-state index is 13.5. The quantitative estimate of drug-likeness (QED) is 0.392. The third-order valence-electron chi connectivity index (χ3n) is 5.72. The van der Waals surface area contributed by atoms with Gasteiger partial charge < -0.3 is 30.3 Å². The van der Waals surface area contributed by atoms with Crippen molar-refractivity contribution in [3.05, 3.63) is 58.4 Å². The molecule has 2 amide bonds. The van der Waals surface area contributed by atoms with E-state index in [1.807, 2.05) is 60.6 Å². The maximum Gasteiger partial charge on any atom is 0.404 e. The zero-order valence-corrected chi connectivity index (χ0v) is 21.2. The number of nitrogens with one attached hydrogen (secondary N) is 1. The summed E-state index contributed by atoms with van der Waals surface area (Å²) in [6.45, 7) is 4.00. The highest BCUT2D eigenvalue weighted by molar-refractivity contribution is 7.10. The number of carbonyl (C=O) groups excluding carboxylic acids is 2. The van der Waals surface area contributed by atoms with Crippen molar-refractivity contribution in [1.82, 2.24) is 9.97 Å². The fraction of sp³-hybridized carbons (Fsp3) is 0.360. The van der Waals surface area contributed by atoms with Gasteiger partial charge in [-0.15, -0.1) is 11.3 Å². The Morgan fingerprint density at radius 3 is 2.89 bits per heavy atom. The summed E-state index contributed by atoms with van der Waals surface area (Å²) in [5.41, 5.74) is 6.25. The number of ether oxygens (including phenoxy) is 2. The average Bonchev–Trinajstić information content (AvgIpc) is 3.37. The van der Waals surface area contributed by atoms with E-state index in [1.54, 1.807) is 22.4 Å². The van der Waals surface area contributed by atoms with Crippen LogP contribution in [0.25, 0.3) is 0 Å². The van der Waals surface area contributed by atoms with Crippen LogP contribution in [-0.4, -0.2) is 55.3 Å². The first-order chi connectivity index (χ1) is 17.5. The van der Waals surface area contributed by atoms with Gasteiger partial charge in [0.25, 0.3) is 5.91 Å². The minimum Gasteiger partial charge on any atom is -0.485 e. The third-order valence-corrected chi connectivity index (χ3v) is 6.69. The zero-order chi connectivity index (χ0) is 25.5. The molecule has 0 fully saturated rings. The van der Waals surface area contributed by atoms with Gasteiger partial charge in [0.05, 0.1) is 6.61 Å². The highest BCUT2D eigenvalue weighted by Gasteiger charge is 2.28. The van der Waals surface area contributed by atoms with E-state index >= 15 is 0 Å². The normalized spacial score (nSPS) is 14.1. The number of nitrogens with zero attached hydrogens (tertiary/aromatic N) is 4. The topological polar surface area (TPSA) is 123 Å². The number of likely N-dealkylation sites (N-methyl/N-ethyl adjacent to an activating group) is 1. The molecule has 0 saturated heterocycles. The molecule has 3 heterocycles. The number of nitrogens with two attached hydrogens (primary N) is 1. The number of anilines is 3. The summed E-state index contributed by atoms with van der Waals surface area (Å²) in [5.74, 6) is 1.59. The Morgan fingerprint density at radius 2 is 2.14 bits per heavy atom. The highest BCUT2D eigenvalue weighted by Crippen LogP contribution is 2.32. The predicted molar refractivity (Wildman–Crippen MR) is 140 cm³/mol. The molecule has 1 aliphatic rings. The molecular formula is C25H30N6O4S. The first-order valence-electron chi connectivity index (χ1n) is 11.8. The number of primary amides is 1. The van der Waals surface area contributed by atoms with Crippen LogP contribution >= 0.6 is 11.3 Å². The standard InChI is InChI=1S/C25H30N6O4S/c1-3-27-25-28-16-19-22(29-25)30(2)11-12-31(23(19)32)17-7-4-8-18(15-17)35-20(21-10-6-14-36-21)9-5-13-34-24(26)33/h4,6-8,10,14-16,20H,3,5,9,11-13H2,1-2H3,(H2,26,33)(H,27,28,29)/t20-/m1/s1. The lowest BCUT2D eigenvalue weighted by Gasteiger charge is -2.23. The smallest absolute Gasteiger partial charge is 0.404 e. The van der Waals surface area contributed by atoms with E-state index in [1.165, 1.54) is 0 Å². The molecule has 1 aromatic carbocycles. The van der Waals surface area contributed by atoms with Crippen LogP contribution in [0.15, 0.2) is 48.0 Å². The second-order valence-electron chi connectivity index (χ2n) is 8.27. The molecule has 0 saturated carbocycles. The Bertz CT molecular complexity index is 1190. The van der Waals surface area contributed by atoms with E-state index in [0.29, 0.717) is 55.6 Å². The van der Waals surface area contributed by atoms with Crippen molar-refractivity contribution in [2.45, 2.75) is 25.9 Å². The Balaban J connectivity index is 1.54. The molecule has 4 rings (SSSR count). The van der Waals surface area contributed by atoms with Gasteiger partial charge in [-0.05, 0) is 43.3 Å². The van der Waals surface area contributed by atoms with E-state index in [4.69, 9.17) is 15.2 Å². The first kappa shape index (κ1) is 25.2. The molecule has 10 nitrogen and oxygen atoms in total. The first-order valence-corrected chi connectivity index (χ1v) is 12.7. The van der Waals surface area contributed by atoms with E-state index in [0.717, 1.165) is 10.6 Å². The SMILES string of the molecule is CCNc1ncc2c(n1)N(C)CCN(c1cccc(O[C@H](CCCOC(N)=O)c3cccs3)c1)C2=O. The Morgan fingerprint density at radius 1 is 1.28 bits per heavy atom. The van der Waals surface area contributed by atoms with Crippen molar-refractivity contribution in [3.8, 4) is 5.75 Å². The van der Waals surface area contributed by atoms with Crippen LogP contribution in [0, 0.1) is 0 Å². The summed E-state index contributed by atoms with van der Waals surface area (Å²) in [6, 6.07) is 11.5. The van der Waals surface area contributed by atoms with E-state index < -0.39 is 6.09 Å². The molecule has 11 heteroatoms. The molecule has 1 atom stereocenters. The number of hydrogen-bond donors (Lipinski definition) is 2. The molecule has 2 aromatic heterocycles. The van der Waals surface area contributed by atoms with E-state index in [2.05, 4.69) is 15.3 Å². The van der Waals surface area contributed by atoms with Crippen molar-refractivity contribution in [2.75, 3.05) is 48.4 Å². The van der Waals surface area contributed by atoms with Gasteiger partial charge in [-0.3, -0.25) is 4.79 Å². The van der Waals surface area contributed by atoms with Crippen molar-refractivity contribution < 1.29 is 19.1 Å². The number of fused-ring (bicyclic) bond motifs is 1. The third kappa shape index (κ3) is 6.03. The number of aromatic nitrogens is 2. The molecule has 0 radical (unpaired) electrons. The fourth-order valence-corrected chi connectivity index (χ4v) is 4.76. The number of benzene rings is 1. The van der Waals surface area contributed by atoms with E-state index in [9.17, 15) is 9.59 Å². The van der Waals surface area contributed by atoms with Crippen LogP contribution in [0.3, 0.4) is 0 Å². The Kier molecular flexibility index (Phi) is 8.21. The number of carbonyl (C=O) groups is 2. The van der Waals surface area contributed by atoms with Gasteiger partial charge in [-0.25, -0.2) is 9.78 Å². The summed E-state index contributed by atoms with van der Waals surface area (Å²) in [6.07, 6.45) is 1.83. The molecule has 0 bridgehead atoms. The molecule has 3 aromatic rings. The lowest BCUT2D eigenvalue weighted by molar-refractivity contribution is 0.0989. The van der Waals surface area contributed by atoms with Gasteiger partial charge in [0.15, 0.2) is 0 Å². The van der Waals surface area contributed by atoms with Crippen LogP contribution in [0.2, 0.25) is 0 Å². The number of hydrogen-bond acceptors (Lipinski definition) is 9. The molecule has 0 spiro atoms. The van der Waals surface area contributed by atoms with Gasteiger partial charge in [0, 0.05) is 49.5 Å². The van der Waals surface area contributed by atoms with Crippen LogP contribution in [-0.2, 0) is 4.74 Å². The van der Waals surface area contributed by atoms with Crippen molar-refractivity contribution in [2.24, 2.45) is 5.73 Å². The maximum absolute atomic E-state index is 13.5. The Labute approximate surface area is 214 Å². The summed E-state index contributed by atoms with van der Waals surface area (Å²) < 4.78 is 11.2. The molecular weight excluding hydrogens is 480 g/mol. The van der Waals surface area contributed by atoms with Gasteiger partial charge >= 0.3 is 6.09 Å². The van der Waals surface area contributed by atoms with Gasteiger partial charge in [0.2, 0.25) is 5.95 Å². The Hall–Kier alpha value is -3.86. The van der Waals surface area contributed by atoms with Crippen molar-refractivity contribution >= 4 is 40.8 Å².